The van der Waals surface area contributed by atoms with Crippen molar-refractivity contribution < 1.29 is 9.59 Å². The van der Waals surface area contributed by atoms with Gasteiger partial charge >= 0.3 is 0 Å². The van der Waals surface area contributed by atoms with E-state index in [2.05, 4.69) is 10.3 Å². The largest absolute Gasteiger partial charge is 0.325 e. The summed E-state index contributed by atoms with van der Waals surface area (Å²) in [4.78, 5) is 27.6. The zero-order valence-corrected chi connectivity index (χ0v) is 12.5. The van der Waals surface area contributed by atoms with Gasteiger partial charge in [-0.05, 0) is 31.2 Å². The molecule has 108 valence electrons. The van der Waals surface area contributed by atoms with E-state index in [0.717, 1.165) is 5.69 Å². The van der Waals surface area contributed by atoms with Gasteiger partial charge in [0.15, 0.2) is 5.78 Å². The number of carbonyl (C=O) groups excluding carboxylic acids is 2. The van der Waals surface area contributed by atoms with E-state index in [1.807, 2.05) is 18.2 Å². The van der Waals surface area contributed by atoms with Gasteiger partial charge in [0.2, 0.25) is 5.91 Å². The molecule has 0 aliphatic heterocycles. The first-order valence-corrected chi connectivity index (χ1v) is 7.70. The summed E-state index contributed by atoms with van der Waals surface area (Å²) in [5.41, 5.74) is 2.04. The Morgan fingerprint density at radius 2 is 1.90 bits per heavy atom. The van der Waals surface area contributed by atoms with Gasteiger partial charge in [-0.1, -0.05) is 18.2 Å². The number of carbonyl (C=O) groups is 2. The average Bonchev–Trinajstić information content (AvgIpc) is 2.48. The van der Waals surface area contributed by atoms with E-state index >= 15 is 0 Å². The summed E-state index contributed by atoms with van der Waals surface area (Å²) in [6.45, 7) is 1.49. The first-order valence-electron chi connectivity index (χ1n) is 6.54. The second kappa shape index (κ2) is 7.59. The Bertz CT molecular complexity index is 629. The molecule has 1 N–H and O–H groups in total. The molecule has 1 amide bonds. The van der Waals surface area contributed by atoms with Gasteiger partial charge < -0.3 is 5.32 Å². The summed E-state index contributed by atoms with van der Waals surface area (Å²) >= 11 is 1.49. The van der Waals surface area contributed by atoms with Crippen LogP contribution >= 0.6 is 11.8 Å². The van der Waals surface area contributed by atoms with Crippen molar-refractivity contribution in [1.29, 1.82) is 0 Å². The Morgan fingerprint density at radius 1 is 1.14 bits per heavy atom. The summed E-state index contributed by atoms with van der Waals surface area (Å²) in [5, 5.41) is 2.78. The van der Waals surface area contributed by atoms with Gasteiger partial charge in [-0.3, -0.25) is 14.6 Å². The number of rotatable bonds is 6. The molecule has 21 heavy (non-hydrogen) atoms. The topological polar surface area (TPSA) is 59.1 Å². The molecular formula is C16H16N2O2S. The number of nitrogens with zero attached hydrogens (tertiary/aromatic N) is 1. The Hall–Kier alpha value is -2.14. The lowest BCUT2D eigenvalue weighted by Crippen LogP contribution is -2.16. The van der Waals surface area contributed by atoms with Crippen LogP contribution in [0.2, 0.25) is 0 Å². The number of thioether (sulfide) groups is 1. The van der Waals surface area contributed by atoms with Gasteiger partial charge in [-0.25, -0.2) is 0 Å². The normalized spacial score (nSPS) is 10.1. The molecule has 0 aliphatic rings. The lowest BCUT2D eigenvalue weighted by atomic mass is 10.1. The highest BCUT2D eigenvalue weighted by Crippen LogP contribution is 2.16. The Labute approximate surface area is 128 Å². The highest BCUT2D eigenvalue weighted by molar-refractivity contribution is 7.99. The third-order valence-corrected chi connectivity index (χ3v) is 3.76. The second-order valence-electron chi connectivity index (χ2n) is 4.46. The first kappa shape index (κ1) is 15.3. The van der Waals surface area contributed by atoms with Crippen LogP contribution in [0.4, 0.5) is 5.69 Å². The highest BCUT2D eigenvalue weighted by Gasteiger charge is 2.09. The quantitative estimate of drug-likeness (QED) is 0.833. The van der Waals surface area contributed by atoms with Crippen LogP contribution in [0.5, 0.6) is 0 Å². The number of anilines is 1. The smallest absolute Gasteiger partial charge is 0.234 e. The van der Waals surface area contributed by atoms with Gasteiger partial charge in [-0.2, -0.15) is 0 Å². The average molecular weight is 300 g/mol. The van der Waals surface area contributed by atoms with Crippen LogP contribution in [0.1, 0.15) is 23.0 Å². The van der Waals surface area contributed by atoms with E-state index in [9.17, 15) is 9.59 Å². The monoisotopic (exact) mass is 300 g/mol. The fourth-order valence-corrected chi connectivity index (χ4v) is 2.56. The van der Waals surface area contributed by atoms with Gasteiger partial charge in [0.1, 0.15) is 0 Å². The summed E-state index contributed by atoms with van der Waals surface area (Å²) in [6, 6.07) is 12.7. The summed E-state index contributed by atoms with van der Waals surface area (Å²) < 4.78 is 0. The van der Waals surface area contributed by atoms with Crippen LogP contribution in [-0.2, 0) is 10.5 Å². The summed E-state index contributed by atoms with van der Waals surface area (Å²) in [6.07, 6.45) is 1.74. The predicted molar refractivity (Wildman–Crippen MR) is 85.5 cm³/mol. The van der Waals surface area contributed by atoms with Gasteiger partial charge in [0, 0.05) is 17.5 Å². The molecule has 2 rings (SSSR count). The van der Waals surface area contributed by atoms with Crippen LogP contribution in [0, 0.1) is 0 Å². The fourth-order valence-electron chi connectivity index (χ4n) is 1.82. The van der Waals surface area contributed by atoms with E-state index in [-0.39, 0.29) is 11.7 Å². The summed E-state index contributed by atoms with van der Waals surface area (Å²) in [5.74, 6) is 0.822. The van der Waals surface area contributed by atoms with Crippen molar-refractivity contribution in [2.24, 2.45) is 0 Å². The number of aromatic nitrogens is 1. The van der Waals surface area contributed by atoms with Gasteiger partial charge in [-0.15, -0.1) is 11.8 Å². The number of benzene rings is 1. The molecule has 1 heterocycles. The lowest BCUT2D eigenvalue weighted by molar-refractivity contribution is -0.113. The minimum atomic E-state index is -0.121. The first-order chi connectivity index (χ1) is 10.2. The van der Waals surface area contributed by atoms with Crippen molar-refractivity contribution in [3.8, 4) is 0 Å². The molecule has 1 aromatic heterocycles. The molecule has 1 aromatic carbocycles. The Morgan fingerprint density at radius 3 is 2.62 bits per heavy atom. The number of amides is 1. The maximum Gasteiger partial charge on any atom is 0.234 e. The third-order valence-electron chi connectivity index (χ3n) is 2.79. The number of para-hydroxylation sites is 1. The molecule has 0 saturated heterocycles. The molecule has 0 aliphatic carbocycles. The third kappa shape index (κ3) is 4.72. The molecule has 0 bridgehead atoms. The maximum absolute atomic E-state index is 11.9. The number of hydrogen-bond donors (Lipinski definition) is 1. The molecular weight excluding hydrogens is 284 g/mol. The standard InChI is InChI=1S/C16H16N2O2S/c1-12(19)14-7-2-3-8-15(14)18-16(20)11-21-10-13-6-4-5-9-17-13/h2-9H,10-11H2,1H3,(H,18,20). The number of pyridine rings is 1. The molecule has 0 fully saturated rings. The van der Waals surface area contributed by atoms with E-state index < -0.39 is 0 Å². The molecule has 0 saturated carbocycles. The van der Waals surface area contributed by atoms with Crippen molar-refractivity contribution in [1.82, 2.24) is 4.98 Å². The van der Waals surface area contributed by atoms with E-state index in [1.54, 1.807) is 30.5 Å². The second-order valence-corrected chi connectivity index (χ2v) is 5.45. The molecule has 5 heteroatoms. The molecule has 4 nitrogen and oxygen atoms in total. The zero-order valence-electron chi connectivity index (χ0n) is 11.7. The number of nitrogens with one attached hydrogen (secondary N) is 1. The van der Waals surface area contributed by atoms with Crippen molar-refractivity contribution in [2.75, 3.05) is 11.1 Å². The minimum absolute atomic E-state index is 0.0629. The van der Waals surface area contributed by atoms with Crippen LogP contribution in [0.25, 0.3) is 0 Å². The maximum atomic E-state index is 11.9. The predicted octanol–water partition coefficient (Wildman–Crippen LogP) is 3.16. The van der Waals surface area contributed by atoms with Crippen molar-refractivity contribution in [3.63, 3.8) is 0 Å². The minimum Gasteiger partial charge on any atom is -0.325 e. The Kier molecular flexibility index (Phi) is 5.51. The molecule has 2 aromatic rings. The summed E-state index contributed by atoms with van der Waals surface area (Å²) in [7, 11) is 0. The van der Waals surface area contributed by atoms with Crippen LogP contribution in [-0.4, -0.2) is 22.4 Å². The van der Waals surface area contributed by atoms with Crippen LogP contribution in [0.15, 0.2) is 48.7 Å². The SMILES string of the molecule is CC(=O)c1ccccc1NC(=O)CSCc1ccccn1. The molecule has 0 spiro atoms. The highest BCUT2D eigenvalue weighted by atomic mass is 32.2. The lowest BCUT2D eigenvalue weighted by Gasteiger charge is -2.08. The number of ketones is 1. The molecule has 0 unspecified atom stereocenters. The zero-order chi connectivity index (χ0) is 15.1. The van der Waals surface area contributed by atoms with E-state index in [0.29, 0.717) is 22.8 Å². The number of Topliss-reactive ketones (excluding diaryl/α,β-unsaturated/α-hetero) is 1. The fraction of sp³-hybridized carbons (Fsp3) is 0.188. The van der Waals surface area contributed by atoms with Crippen molar-refractivity contribution in [3.05, 3.63) is 59.9 Å². The van der Waals surface area contributed by atoms with Gasteiger partial charge in [0.05, 0.1) is 17.1 Å². The molecule has 0 radical (unpaired) electrons. The molecule has 0 atom stereocenters. The van der Waals surface area contributed by atoms with Gasteiger partial charge in [0.25, 0.3) is 0 Å². The van der Waals surface area contributed by atoms with Crippen LogP contribution in [0.3, 0.4) is 0 Å². The van der Waals surface area contributed by atoms with E-state index in [4.69, 9.17) is 0 Å². The number of hydrogen-bond acceptors (Lipinski definition) is 4. The Balaban J connectivity index is 1.86. The van der Waals surface area contributed by atoms with Crippen molar-refractivity contribution in [2.45, 2.75) is 12.7 Å². The van der Waals surface area contributed by atoms with Crippen molar-refractivity contribution >= 4 is 29.1 Å². The van der Waals surface area contributed by atoms with E-state index in [1.165, 1.54) is 18.7 Å². The van der Waals surface area contributed by atoms with Crippen LogP contribution < -0.4 is 5.32 Å².